The number of hydrogen-bond donors (Lipinski definition) is 4. The van der Waals surface area contributed by atoms with Crippen LogP contribution in [0.2, 0.25) is 0 Å². The van der Waals surface area contributed by atoms with Gasteiger partial charge < -0.3 is 40.6 Å². The first kappa shape index (κ1) is 22.5. The number of phenolic OH excluding ortho intramolecular Hbond substituents is 2. The van der Waals surface area contributed by atoms with Gasteiger partial charge in [-0.15, -0.1) is 0 Å². The quantitative estimate of drug-likeness (QED) is 0.288. The van der Waals surface area contributed by atoms with E-state index in [2.05, 4.69) is 10.6 Å². The van der Waals surface area contributed by atoms with E-state index in [0.29, 0.717) is 0 Å². The summed E-state index contributed by atoms with van der Waals surface area (Å²) < 4.78 is 0. The van der Waals surface area contributed by atoms with Crippen molar-refractivity contribution in [1.82, 2.24) is 10.6 Å². The third-order valence-electron chi connectivity index (χ3n) is 3.79. The molecule has 9 heteroatoms. The largest absolute Gasteiger partial charge is 3.00 e. The second-order valence-corrected chi connectivity index (χ2v) is 5.53. The van der Waals surface area contributed by atoms with Crippen molar-refractivity contribution in [3.8, 4) is 11.5 Å². The Balaban J connectivity index is 0.00000364. The summed E-state index contributed by atoms with van der Waals surface area (Å²) >= 11 is 0. The number of carboxylic acids is 2. The predicted molar refractivity (Wildman–Crippen MR) is 87.7 cm³/mol. The van der Waals surface area contributed by atoms with Crippen LogP contribution in [-0.2, 0) is 26.7 Å². The van der Waals surface area contributed by atoms with E-state index in [1.807, 2.05) is 0 Å². The molecule has 8 nitrogen and oxygen atoms in total. The van der Waals surface area contributed by atoms with Crippen molar-refractivity contribution in [2.24, 2.45) is 0 Å². The van der Waals surface area contributed by atoms with Gasteiger partial charge in [0.05, 0.1) is 24.0 Å². The van der Waals surface area contributed by atoms with E-state index in [9.17, 15) is 30.0 Å². The number of benzene rings is 2. The Labute approximate surface area is 166 Å². The first-order valence-corrected chi connectivity index (χ1v) is 7.86. The van der Waals surface area contributed by atoms with E-state index in [0.717, 1.165) is 0 Å². The third-order valence-corrected chi connectivity index (χ3v) is 3.79. The zero-order chi connectivity index (χ0) is 19.1. The van der Waals surface area contributed by atoms with E-state index in [1.165, 1.54) is 24.3 Å². The first-order chi connectivity index (χ1) is 12.4. The molecular weight excluding hydrogens is 396 g/mol. The Morgan fingerprint density at radius 1 is 0.778 bits per heavy atom. The van der Waals surface area contributed by atoms with Crippen molar-refractivity contribution in [2.75, 3.05) is 13.1 Å². The maximum atomic E-state index is 11.3. The van der Waals surface area contributed by atoms with Crippen LogP contribution in [0.5, 0.6) is 11.5 Å². The van der Waals surface area contributed by atoms with Crippen molar-refractivity contribution in [2.45, 2.75) is 12.1 Å². The number of nitrogens with one attached hydrogen (secondary N) is 2. The molecule has 0 aliphatic heterocycles. The molecule has 27 heavy (non-hydrogen) atoms. The summed E-state index contributed by atoms with van der Waals surface area (Å²) in [7, 11) is 0. The molecule has 2 aromatic rings. The van der Waals surface area contributed by atoms with Crippen molar-refractivity contribution in [1.29, 1.82) is 0 Å². The Bertz CT molecular complexity index is 720. The zero-order valence-corrected chi connectivity index (χ0v) is 15.2. The smallest absolute Gasteiger partial charge is 0.548 e. The molecule has 0 fully saturated rings. The van der Waals surface area contributed by atoms with Gasteiger partial charge in [0.15, 0.2) is 0 Å². The van der Waals surface area contributed by atoms with Crippen molar-refractivity contribution >= 4 is 11.9 Å². The van der Waals surface area contributed by atoms with Gasteiger partial charge >= 0.3 is 17.1 Å². The standard InChI is InChI=1S/C18H20N2O6.Fe/c21-13-7-3-1-5-11(13)15(17(23)24)19-9-10-20-16(18(25)26)12-6-2-4-8-14(12)22;/h1-8,15-16,19-22H,9-10H2,(H,23,24)(H,25,26);/q;+3/p-2. The molecular formula is C18H18FeN2O6+. The summed E-state index contributed by atoms with van der Waals surface area (Å²) in [5.41, 5.74) is 0.286. The molecule has 0 amide bonds. The summed E-state index contributed by atoms with van der Waals surface area (Å²) in [5, 5.41) is 47.5. The minimum atomic E-state index is -1.43. The predicted octanol–water partition coefficient (Wildman–Crippen LogP) is -1.44. The fourth-order valence-electron chi connectivity index (χ4n) is 2.54. The Kier molecular flexibility index (Phi) is 8.77. The number of hydrogen-bond acceptors (Lipinski definition) is 8. The number of aromatic hydroxyl groups is 2. The van der Waals surface area contributed by atoms with Crippen LogP contribution in [0.25, 0.3) is 0 Å². The normalized spacial score (nSPS) is 12.6. The van der Waals surface area contributed by atoms with Gasteiger partial charge in [0.1, 0.15) is 11.5 Å². The van der Waals surface area contributed by atoms with Gasteiger partial charge in [0.25, 0.3) is 0 Å². The molecule has 0 bridgehead atoms. The molecule has 0 saturated heterocycles. The summed E-state index contributed by atoms with van der Waals surface area (Å²) in [6.07, 6.45) is 0. The van der Waals surface area contributed by atoms with Gasteiger partial charge in [-0.25, -0.2) is 0 Å². The van der Waals surface area contributed by atoms with Gasteiger partial charge in [-0.2, -0.15) is 0 Å². The van der Waals surface area contributed by atoms with Gasteiger partial charge in [-0.3, -0.25) is 0 Å². The molecule has 2 rings (SSSR count). The van der Waals surface area contributed by atoms with Crippen LogP contribution in [0.1, 0.15) is 23.2 Å². The van der Waals surface area contributed by atoms with E-state index >= 15 is 0 Å². The molecule has 2 atom stereocenters. The molecule has 0 aliphatic carbocycles. The van der Waals surface area contributed by atoms with E-state index in [4.69, 9.17) is 0 Å². The number of carboxylic acid groups (broad SMARTS) is 2. The second-order valence-electron chi connectivity index (χ2n) is 5.53. The molecule has 0 aromatic heterocycles. The van der Waals surface area contributed by atoms with E-state index in [1.54, 1.807) is 24.3 Å². The van der Waals surface area contributed by atoms with Crippen LogP contribution in [-0.4, -0.2) is 35.2 Å². The van der Waals surface area contributed by atoms with Crippen molar-refractivity contribution < 1.29 is 47.1 Å². The van der Waals surface area contributed by atoms with E-state index in [-0.39, 0.29) is 52.8 Å². The average Bonchev–Trinajstić information content (AvgIpc) is 2.59. The summed E-state index contributed by atoms with van der Waals surface area (Å²) in [5.74, 6) is -3.24. The van der Waals surface area contributed by atoms with Crippen LogP contribution < -0.4 is 20.8 Å². The van der Waals surface area contributed by atoms with Crippen LogP contribution in [0.15, 0.2) is 48.5 Å². The second kappa shape index (κ2) is 10.5. The fourth-order valence-corrected chi connectivity index (χ4v) is 2.54. The Morgan fingerprint density at radius 2 is 1.11 bits per heavy atom. The molecule has 143 valence electrons. The Hall–Kier alpha value is -2.58. The van der Waals surface area contributed by atoms with E-state index < -0.39 is 24.0 Å². The maximum Gasteiger partial charge on any atom is 3.00 e. The molecule has 1 radical (unpaired) electrons. The number of carbonyl (C=O) groups excluding carboxylic acids is 2. The minimum absolute atomic E-state index is 0. The molecule has 0 spiro atoms. The minimum Gasteiger partial charge on any atom is -0.548 e. The first-order valence-electron chi connectivity index (χ1n) is 7.86. The van der Waals surface area contributed by atoms with Gasteiger partial charge in [-0.1, -0.05) is 36.4 Å². The van der Waals surface area contributed by atoms with Gasteiger partial charge in [0, 0.05) is 24.2 Å². The van der Waals surface area contributed by atoms with Crippen LogP contribution in [0, 0.1) is 0 Å². The van der Waals surface area contributed by atoms with Crippen LogP contribution >= 0.6 is 0 Å². The molecule has 2 unspecified atom stereocenters. The molecule has 0 aliphatic rings. The summed E-state index contributed by atoms with van der Waals surface area (Å²) in [4.78, 5) is 22.6. The van der Waals surface area contributed by atoms with Crippen molar-refractivity contribution in [3.63, 3.8) is 0 Å². The van der Waals surface area contributed by atoms with Crippen LogP contribution in [0.3, 0.4) is 0 Å². The Morgan fingerprint density at radius 3 is 1.41 bits per heavy atom. The third kappa shape index (κ3) is 5.97. The number of rotatable bonds is 9. The maximum absolute atomic E-state index is 11.3. The number of aliphatic carboxylic acids is 2. The zero-order valence-electron chi connectivity index (χ0n) is 14.1. The SMILES string of the molecule is O=C([O-])C(NCCNC(C(=O)[O-])c1ccccc1O)c1ccccc1O.[Fe+3]. The van der Waals surface area contributed by atoms with Gasteiger partial charge in [-0.05, 0) is 12.1 Å². The van der Waals surface area contributed by atoms with Crippen LogP contribution in [0.4, 0.5) is 0 Å². The molecule has 0 heterocycles. The van der Waals surface area contributed by atoms with Crippen molar-refractivity contribution in [3.05, 3.63) is 59.7 Å². The molecule has 4 N–H and O–H groups in total. The summed E-state index contributed by atoms with van der Waals surface area (Å²) in [6.45, 7) is 0.120. The molecule has 0 saturated carbocycles. The topological polar surface area (TPSA) is 145 Å². The number of para-hydroxylation sites is 2. The molecule has 2 aromatic carbocycles. The number of phenols is 2. The average molecular weight is 414 g/mol. The summed E-state index contributed by atoms with van der Waals surface area (Å²) in [6, 6.07) is 9.36. The van der Waals surface area contributed by atoms with Gasteiger partial charge in [0.2, 0.25) is 0 Å². The number of carbonyl (C=O) groups is 2. The fraction of sp³-hybridized carbons (Fsp3) is 0.222. The monoisotopic (exact) mass is 414 g/mol.